The summed E-state index contributed by atoms with van der Waals surface area (Å²) < 4.78 is 26.9. The molecule has 6 heteroatoms. The zero-order chi connectivity index (χ0) is 31.5. The molecule has 47 heavy (non-hydrogen) atoms. The number of aryl methyl sites for hydroxylation is 1. The molecule has 0 fully saturated rings. The second-order valence-corrected chi connectivity index (χ2v) is 13.9. The third-order valence-electron chi connectivity index (χ3n) is 8.73. The van der Waals surface area contributed by atoms with Crippen molar-refractivity contribution in [3.63, 3.8) is 0 Å². The third kappa shape index (κ3) is 4.41. The highest BCUT2D eigenvalue weighted by Crippen LogP contribution is 2.50. The van der Waals surface area contributed by atoms with Gasteiger partial charge in [-0.05, 0) is 66.1 Å². The van der Waals surface area contributed by atoms with Crippen molar-refractivity contribution in [1.29, 1.82) is 0 Å². The Hall–Kier alpha value is -5.85. The lowest BCUT2D eigenvalue weighted by atomic mass is 9.93. The van der Waals surface area contributed by atoms with Gasteiger partial charge in [0.2, 0.25) is 0 Å². The molecule has 9 rings (SSSR count). The summed E-state index contributed by atoms with van der Waals surface area (Å²) in [4.78, 5) is 11.8. The van der Waals surface area contributed by atoms with Crippen LogP contribution in [-0.4, -0.2) is 14.2 Å². The highest BCUT2D eigenvalue weighted by atomic mass is 32.2. The molecule has 0 aliphatic carbocycles. The zero-order valence-electron chi connectivity index (χ0n) is 25.4. The first kappa shape index (κ1) is 27.5. The number of aromatic nitrogens is 2. The molecular formula is C41H27N3O2S. The molecule has 0 radical (unpaired) electrons. The van der Waals surface area contributed by atoms with E-state index in [1.165, 1.54) is 0 Å². The smallest absolute Gasteiger partial charge is 0.180 e. The minimum Gasteiger partial charge on any atom is -0.452 e. The number of rotatable bonds is 4. The number of furan rings is 1. The molecule has 0 amide bonds. The summed E-state index contributed by atoms with van der Waals surface area (Å²) in [7, 11) is -3.05. The van der Waals surface area contributed by atoms with Crippen LogP contribution in [0.15, 0.2) is 164 Å². The van der Waals surface area contributed by atoms with Gasteiger partial charge in [-0.3, -0.25) is 0 Å². The topological polar surface area (TPSA) is 68.3 Å². The van der Waals surface area contributed by atoms with Crippen molar-refractivity contribution in [2.75, 3.05) is 0 Å². The van der Waals surface area contributed by atoms with Crippen LogP contribution in [0.25, 0.3) is 67.0 Å². The summed E-state index contributed by atoms with van der Waals surface area (Å²) >= 11 is 0. The van der Waals surface area contributed by atoms with Crippen molar-refractivity contribution < 1.29 is 8.63 Å². The van der Waals surface area contributed by atoms with Gasteiger partial charge in [0.25, 0.3) is 0 Å². The van der Waals surface area contributed by atoms with Crippen LogP contribution in [0.5, 0.6) is 0 Å². The molecule has 0 saturated heterocycles. The molecule has 1 unspecified atom stereocenters. The summed E-state index contributed by atoms with van der Waals surface area (Å²) in [5, 5.41) is 0.905. The van der Waals surface area contributed by atoms with Crippen molar-refractivity contribution >= 4 is 37.5 Å². The number of para-hydroxylation sites is 1. The van der Waals surface area contributed by atoms with Crippen LogP contribution in [0.2, 0.25) is 0 Å². The highest BCUT2D eigenvalue weighted by molar-refractivity contribution is 7.94. The molecule has 0 bridgehead atoms. The largest absolute Gasteiger partial charge is 0.452 e. The van der Waals surface area contributed by atoms with Gasteiger partial charge in [0.05, 0.1) is 15.5 Å². The first-order valence-corrected chi connectivity index (χ1v) is 17.0. The molecule has 5 nitrogen and oxygen atoms in total. The zero-order valence-corrected chi connectivity index (χ0v) is 26.2. The fourth-order valence-electron chi connectivity index (χ4n) is 6.45. The van der Waals surface area contributed by atoms with Crippen LogP contribution in [0.1, 0.15) is 5.56 Å². The summed E-state index contributed by atoms with van der Waals surface area (Å²) in [6.07, 6.45) is 0. The number of hydrogen-bond donors (Lipinski definition) is 0. The molecule has 1 aliphatic heterocycles. The maximum Gasteiger partial charge on any atom is 0.180 e. The minimum atomic E-state index is -3.05. The maximum absolute atomic E-state index is 15.3. The molecule has 8 aromatic rings. The van der Waals surface area contributed by atoms with Crippen molar-refractivity contribution in [2.24, 2.45) is 4.36 Å². The van der Waals surface area contributed by atoms with Crippen LogP contribution in [0, 0.1) is 6.92 Å². The Labute approximate surface area is 272 Å². The quantitative estimate of drug-likeness (QED) is 0.195. The van der Waals surface area contributed by atoms with Crippen molar-refractivity contribution in [2.45, 2.75) is 16.7 Å². The lowest BCUT2D eigenvalue weighted by molar-refractivity contribution is 0.667. The van der Waals surface area contributed by atoms with Gasteiger partial charge in [-0.1, -0.05) is 103 Å². The Kier molecular flexibility index (Phi) is 6.20. The Morgan fingerprint density at radius 1 is 0.596 bits per heavy atom. The normalized spacial score (nSPS) is 15.3. The van der Waals surface area contributed by atoms with Gasteiger partial charge in [-0.25, -0.2) is 14.2 Å². The van der Waals surface area contributed by atoms with E-state index >= 15 is 4.21 Å². The van der Waals surface area contributed by atoms with Crippen LogP contribution in [0.4, 0.5) is 5.69 Å². The molecule has 0 spiro atoms. The van der Waals surface area contributed by atoms with Crippen LogP contribution in [0.3, 0.4) is 0 Å². The first-order chi connectivity index (χ1) is 23.1. The molecule has 224 valence electrons. The van der Waals surface area contributed by atoms with Crippen LogP contribution >= 0.6 is 0 Å². The Morgan fingerprint density at radius 3 is 2.02 bits per heavy atom. The van der Waals surface area contributed by atoms with Gasteiger partial charge < -0.3 is 4.42 Å². The monoisotopic (exact) mass is 625 g/mol. The molecule has 0 N–H and O–H groups in total. The summed E-state index contributed by atoms with van der Waals surface area (Å²) in [6.45, 7) is 2.02. The SMILES string of the molecule is Cc1ccc2c(c1)S(=O)(c1ccccc1)=Nc1c(-c3nc(-c4ccccc4)c4oc5ccccc5c4n3)cc(-c3ccccc3)cc1-2. The van der Waals surface area contributed by atoms with E-state index in [9.17, 15) is 0 Å². The van der Waals surface area contributed by atoms with E-state index in [0.29, 0.717) is 33.2 Å². The van der Waals surface area contributed by atoms with E-state index < -0.39 is 9.73 Å². The summed E-state index contributed by atoms with van der Waals surface area (Å²) in [5.74, 6) is 0.492. The minimum absolute atomic E-state index is 0.492. The second kappa shape index (κ2) is 10.6. The highest BCUT2D eigenvalue weighted by Gasteiger charge is 2.30. The fraction of sp³-hybridized carbons (Fsp3) is 0.0244. The third-order valence-corrected chi connectivity index (χ3v) is 11.0. The predicted molar refractivity (Wildman–Crippen MR) is 189 cm³/mol. The predicted octanol–water partition coefficient (Wildman–Crippen LogP) is 10.9. The molecule has 1 aliphatic rings. The van der Waals surface area contributed by atoms with Gasteiger partial charge in [0.1, 0.15) is 26.5 Å². The average molecular weight is 626 g/mol. The van der Waals surface area contributed by atoms with Crippen molar-refractivity contribution in [1.82, 2.24) is 9.97 Å². The second-order valence-electron chi connectivity index (χ2n) is 11.8. The first-order valence-electron chi connectivity index (χ1n) is 15.5. The van der Waals surface area contributed by atoms with Crippen molar-refractivity contribution in [3.05, 3.63) is 151 Å². The number of hydrogen-bond acceptors (Lipinski definition) is 5. The average Bonchev–Trinajstić information content (AvgIpc) is 3.51. The van der Waals surface area contributed by atoms with E-state index in [4.69, 9.17) is 18.7 Å². The fourth-order valence-corrected chi connectivity index (χ4v) is 8.71. The van der Waals surface area contributed by atoms with E-state index in [0.717, 1.165) is 54.8 Å². The standard InChI is InChI=1S/C41H27N3O2S/c1-26-21-22-31-33-24-29(27-13-5-2-6-14-27)25-34(38(33)44-47(45,36(31)23-26)30-17-9-4-10-18-30)41-42-37(28-15-7-3-8-16-28)40-39(43-41)32-19-11-12-20-35(32)46-40/h2-25H,1H3. The molecule has 1 atom stereocenters. The number of fused-ring (bicyclic) bond motifs is 6. The Bertz CT molecular complexity index is 2620. The molecule has 3 heterocycles. The van der Waals surface area contributed by atoms with Gasteiger partial charge in [0.15, 0.2) is 11.4 Å². The summed E-state index contributed by atoms with van der Waals surface area (Å²) in [6, 6.07) is 48.2. The van der Waals surface area contributed by atoms with E-state index in [2.05, 4.69) is 36.4 Å². The van der Waals surface area contributed by atoms with Gasteiger partial charge in [-0.15, -0.1) is 0 Å². The lowest BCUT2D eigenvalue weighted by Crippen LogP contribution is -2.09. The van der Waals surface area contributed by atoms with Crippen LogP contribution in [-0.2, 0) is 9.73 Å². The molecule has 6 aromatic carbocycles. The van der Waals surface area contributed by atoms with Gasteiger partial charge >= 0.3 is 0 Å². The van der Waals surface area contributed by atoms with Gasteiger partial charge in [0, 0.05) is 27.6 Å². The number of benzene rings is 6. The number of nitrogens with zero attached hydrogens (tertiary/aromatic N) is 3. The molecule has 2 aromatic heterocycles. The molecule has 0 saturated carbocycles. The van der Waals surface area contributed by atoms with Crippen molar-refractivity contribution in [3.8, 4) is 44.9 Å². The van der Waals surface area contributed by atoms with Gasteiger partial charge in [-0.2, -0.15) is 4.36 Å². The molecular weight excluding hydrogens is 599 g/mol. The van der Waals surface area contributed by atoms with E-state index in [1.807, 2.05) is 116 Å². The maximum atomic E-state index is 15.3. The lowest BCUT2D eigenvalue weighted by Gasteiger charge is -2.24. The van der Waals surface area contributed by atoms with E-state index in [1.54, 1.807) is 0 Å². The van der Waals surface area contributed by atoms with E-state index in [-0.39, 0.29) is 0 Å². The summed E-state index contributed by atoms with van der Waals surface area (Å²) in [5.41, 5.74) is 9.88. The Morgan fingerprint density at radius 2 is 1.26 bits per heavy atom. The van der Waals surface area contributed by atoms with Crippen LogP contribution < -0.4 is 0 Å². The Balaban J connectivity index is 1.43.